The van der Waals surface area contributed by atoms with Gasteiger partial charge in [-0.3, -0.25) is 4.98 Å². The van der Waals surface area contributed by atoms with Crippen molar-refractivity contribution in [1.29, 1.82) is 5.26 Å². The zero-order valence-electron chi connectivity index (χ0n) is 17.7. The number of rotatable bonds is 6. The highest BCUT2D eigenvalue weighted by molar-refractivity contribution is 6.09. The topological polar surface area (TPSA) is 127 Å². The molecule has 2 aromatic carbocycles. The lowest BCUT2D eigenvalue weighted by molar-refractivity contribution is 0.0603. The molecule has 0 atom stereocenters. The number of nitriles is 1. The van der Waals surface area contributed by atoms with Crippen molar-refractivity contribution >= 4 is 28.5 Å². The number of fused-ring (bicyclic) bond motifs is 1. The smallest absolute Gasteiger partial charge is 0.339 e. The lowest BCUT2D eigenvalue weighted by Gasteiger charge is -2.17. The van der Waals surface area contributed by atoms with Gasteiger partial charge in [-0.25, -0.2) is 19.2 Å². The summed E-state index contributed by atoms with van der Waals surface area (Å²) in [5.41, 5.74) is 8.52. The fourth-order valence-electron chi connectivity index (χ4n) is 3.64. The molecule has 4 aromatic rings. The molecule has 33 heavy (non-hydrogen) atoms. The number of nitrogens with one attached hydrogen (secondary N) is 1. The fraction of sp³-hybridized carbons (Fsp3) is 0.125. The second-order valence-corrected chi connectivity index (χ2v) is 7.10. The number of nitrogen functional groups attached to an aromatic ring is 1. The molecular weight excluding hydrogens is 423 g/mol. The number of hydrogen-bond donors (Lipinski definition) is 2. The highest BCUT2D eigenvalue weighted by atomic mass is 19.1. The molecule has 9 heteroatoms. The number of esters is 1. The van der Waals surface area contributed by atoms with E-state index in [9.17, 15) is 14.4 Å². The molecule has 0 radical (unpaired) electrons. The zero-order valence-corrected chi connectivity index (χ0v) is 17.7. The molecule has 0 saturated carbocycles. The van der Waals surface area contributed by atoms with Crippen LogP contribution in [0.5, 0.6) is 0 Å². The molecule has 0 saturated heterocycles. The van der Waals surface area contributed by atoms with Crippen molar-refractivity contribution in [2.45, 2.75) is 6.42 Å². The first-order chi connectivity index (χ1) is 16.0. The second-order valence-electron chi connectivity index (χ2n) is 7.10. The summed E-state index contributed by atoms with van der Waals surface area (Å²) in [7, 11) is 1.28. The molecule has 2 aromatic heterocycles. The second kappa shape index (κ2) is 9.28. The summed E-state index contributed by atoms with van der Waals surface area (Å²) < 4.78 is 19.1. The summed E-state index contributed by atoms with van der Waals surface area (Å²) in [5, 5.41) is 12.8. The van der Waals surface area contributed by atoms with Gasteiger partial charge in [0.15, 0.2) is 0 Å². The molecule has 2 heterocycles. The number of halogens is 1. The third-order valence-electron chi connectivity index (χ3n) is 5.12. The number of carbonyl (C=O) groups is 1. The summed E-state index contributed by atoms with van der Waals surface area (Å²) in [6, 6.07) is 15.3. The van der Waals surface area contributed by atoms with E-state index in [-0.39, 0.29) is 16.9 Å². The molecule has 0 fully saturated rings. The van der Waals surface area contributed by atoms with E-state index < -0.39 is 11.8 Å². The number of nitrogens with two attached hydrogens (primary N) is 1. The van der Waals surface area contributed by atoms with E-state index in [2.05, 4.69) is 15.3 Å². The lowest BCUT2D eigenvalue weighted by atomic mass is 9.93. The standard InChI is InChI=1S/C24H19FN6O2/c1-33-24(32)21-16-11-15(25)7-8-18(16)31-19(20(21)14-5-3-2-4-6-14)9-10-28-23-17(12-26)22(27)29-13-30-23/h2-8,11,13H,9-10H2,1H3,(H3,27,28,29,30). The fourth-order valence-corrected chi connectivity index (χ4v) is 3.64. The molecule has 4 rings (SSSR count). The molecule has 0 aliphatic rings. The van der Waals surface area contributed by atoms with E-state index in [0.717, 1.165) is 5.56 Å². The van der Waals surface area contributed by atoms with E-state index in [1.807, 2.05) is 36.4 Å². The summed E-state index contributed by atoms with van der Waals surface area (Å²) in [6.07, 6.45) is 1.64. The van der Waals surface area contributed by atoms with Gasteiger partial charge in [0.1, 0.15) is 35.4 Å². The highest BCUT2D eigenvalue weighted by Gasteiger charge is 2.23. The normalized spacial score (nSPS) is 10.6. The molecule has 0 bridgehead atoms. The summed E-state index contributed by atoms with van der Waals surface area (Å²) in [6.45, 7) is 0.339. The van der Waals surface area contributed by atoms with Crippen LogP contribution in [0.15, 0.2) is 54.9 Å². The van der Waals surface area contributed by atoms with Crippen LogP contribution in [0.4, 0.5) is 16.0 Å². The quantitative estimate of drug-likeness (QED) is 0.433. The number of carbonyl (C=O) groups excluding carboxylic acids is 1. The van der Waals surface area contributed by atoms with Crippen molar-refractivity contribution in [3.63, 3.8) is 0 Å². The molecular formula is C24H19FN6O2. The van der Waals surface area contributed by atoms with Crippen molar-refractivity contribution in [2.24, 2.45) is 0 Å². The molecule has 0 aliphatic heterocycles. The van der Waals surface area contributed by atoms with Crippen LogP contribution in [0.3, 0.4) is 0 Å². The van der Waals surface area contributed by atoms with E-state index in [1.165, 1.54) is 31.6 Å². The van der Waals surface area contributed by atoms with E-state index >= 15 is 0 Å². The van der Waals surface area contributed by atoms with Crippen molar-refractivity contribution in [1.82, 2.24) is 15.0 Å². The average molecular weight is 442 g/mol. The Morgan fingerprint density at radius 1 is 1.21 bits per heavy atom. The number of hydrogen-bond acceptors (Lipinski definition) is 8. The molecule has 0 amide bonds. The van der Waals surface area contributed by atoms with Crippen LogP contribution in [0.1, 0.15) is 21.6 Å². The number of nitrogens with zero attached hydrogens (tertiary/aromatic N) is 4. The third kappa shape index (κ3) is 4.27. The Labute approximate surface area is 188 Å². The lowest BCUT2D eigenvalue weighted by Crippen LogP contribution is -2.14. The van der Waals surface area contributed by atoms with Crippen LogP contribution in [-0.2, 0) is 11.2 Å². The maximum atomic E-state index is 14.1. The molecule has 3 N–H and O–H groups in total. The minimum absolute atomic E-state index is 0.0822. The Bertz CT molecular complexity index is 1390. The van der Waals surface area contributed by atoms with Crippen LogP contribution in [0.25, 0.3) is 22.0 Å². The Kier molecular flexibility index (Phi) is 6.09. The first-order valence-corrected chi connectivity index (χ1v) is 10.0. The minimum atomic E-state index is -0.587. The Balaban J connectivity index is 1.82. The van der Waals surface area contributed by atoms with Crippen molar-refractivity contribution in [3.05, 3.63) is 77.5 Å². The Morgan fingerprint density at radius 3 is 2.73 bits per heavy atom. The van der Waals surface area contributed by atoms with Gasteiger partial charge in [-0.2, -0.15) is 5.26 Å². The molecule has 0 unspecified atom stereocenters. The van der Waals surface area contributed by atoms with E-state index in [0.29, 0.717) is 40.9 Å². The van der Waals surface area contributed by atoms with Gasteiger partial charge < -0.3 is 15.8 Å². The van der Waals surface area contributed by atoms with Gasteiger partial charge in [-0.15, -0.1) is 0 Å². The van der Waals surface area contributed by atoms with Crippen LogP contribution >= 0.6 is 0 Å². The molecule has 0 aliphatic carbocycles. The summed E-state index contributed by atoms with van der Waals surface area (Å²) in [4.78, 5) is 25.5. The number of benzene rings is 2. The van der Waals surface area contributed by atoms with Gasteiger partial charge in [-0.1, -0.05) is 30.3 Å². The third-order valence-corrected chi connectivity index (χ3v) is 5.12. The largest absolute Gasteiger partial charge is 0.465 e. The summed E-state index contributed by atoms with van der Waals surface area (Å²) in [5.74, 6) is -0.675. The van der Waals surface area contributed by atoms with Crippen LogP contribution in [0.2, 0.25) is 0 Å². The zero-order chi connectivity index (χ0) is 23.4. The monoisotopic (exact) mass is 442 g/mol. The minimum Gasteiger partial charge on any atom is -0.465 e. The van der Waals surface area contributed by atoms with Gasteiger partial charge in [-0.05, 0) is 23.8 Å². The number of ether oxygens (including phenoxy) is 1. The van der Waals surface area contributed by atoms with Crippen molar-refractivity contribution < 1.29 is 13.9 Å². The number of aromatic nitrogens is 3. The van der Waals surface area contributed by atoms with E-state index in [1.54, 1.807) is 0 Å². The van der Waals surface area contributed by atoms with Crippen molar-refractivity contribution in [3.8, 4) is 17.2 Å². The Morgan fingerprint density at radius 2 is 2.00 bits per heavy atom. The first-order valence-electron chi connectivity index (χ1n) is 10.0. The number of methoxy groups -OCH3 is 1. The number of pyridine rings is 1. The summed E-state index contributed by atoms with van der Waals surface area (Å²) >= 11 is 0. The van der Waals surface area contributed by atoms with Crippen molar-refractivity contribution in [2.75, 3.05) is 24.7 Å². The van der Waals surface area contributed by atoms with Gasteiger partial charge in [0, 0.05) is 23.9 Å². The van der Waals surface area contributed by atoms with Gasteiger partial charge in [0.05, 0.1) is 23.9 Å². The first kappa shape index (κ1) is 21.6. The molecule has 0 spiro atoms. The van der Waals surface area contributed by atoms with Crippen LogP contribution < -0.4 is 11.1 Å². The maximum absolute atomic E-state index is 14.1. The van der Waals surface area contributed by atoms with Gasteiger partial charge in [0.2, 0.25) is 0 Å². The molecule has 164 valence electrons. The number of anilines is 2. The van der Waals surface area contributed by atoms with E-state index in [4.69, 9.17) is 15.5 Å². The predicted octanol–water partition coefficient (Wildman–Crippen LogP) is 3.73. The van der Waals surface area contributed by atoms with Gasteiger partial charge >= 0.3 is 5.97 Å². The average Bonchev–Trinajstić information content (AvgIpc) is 2.83. The predicted molar refractivity (Wildman–Crippen MR) is 122 cm³/mol. The van der Waals surface area contributed by atoms with Crippen LogP contribution in [0, 0.1) is 17.1 Å². The Hall–Kier alpha value is -4.58. The SMILES string of the molecule is COC(=O)c1c(-c2ccccc2)c(CCNc2ncnc(N)c2C#N)nc2ccc(F)cc12. The maximum Gasteiger partial charge on any atom is 0.339 e. The van der Waals surface area contributed by atoms with Crippen LogP contribution in [-0.4, -0.2) is 34.6 Å². The van der Waals surface area contributed by atoms with Gasteiger partial charge in [0.25, 0.3) is 0 Å². The molecule has 8 nitrogen and oxygen atoms in total. The highest BCUT2D eigenvalue weighted by Crippen LogP contribution is 2.33.